The Balaban J connectivity index is 2.51. The standard InChI is InChI=1S/C9H10F3N3O/c1-4-2-5-6(13-3-4)14-8(9(10,11)12)15-7(5)16/h4H,2-3H2,1H3,(H2,13,14,15,16)/t4-/m1/s1. The molecule has 1 aliphatic rings. The lowest BCUT2D eigenvalue weighted by atomic mass is 9.99. The van der Waals surface area contributed by atoms with E-state index in [0.717, 1.165) is 0 Å². The Bertz CT molecular complexity index is 466. The minimum absolute atomic E-state index is 0.0502. The monoisotopic (exact) mass is 233 g/mol. The van der Waals surface area contributed by atoms with Crippen LogP contribution >= 0.6 is 0 Å². The first kappa shape index (κ1) is 11.0. The summed E-state index contributed by atoms with van der Waals surface area (Å²) < 4.78 is 37.1. The largest absolute Gasteiger partial charge is 0.449 e. The second kappa shape index (κ2) is 3.50. The van der Waals surface area contributed by atoms with Crippen LogP contribution in [0, 0.1) is 5.92 Å². The Morgan fingerprint density at radius 1 is 1.44 bits per heavy atom. The molecule has 1 atom stereocenters. The van der Waals surface area contributed by atoms with Gasteiger partial charge in [-0.25, -0.2) is 4.98 Å². The fraction of sp³-hybridized carbons (Fsp3) is 0.556. The molecule has 0 saturated heterocycles. The number of anilines is 1. The Morgan fingerprint density at radius 3 is 2.75 bits per heavy atom. The first-order valence-electron chi connectivity index (χ1n) is 4.82. The first-order valence-corrected chi connectivity index (χ1v) is 4.82. The number of nitrogens with one attached hydrogen (secondary N) is 2. The number of H-pyrrole nitrogens is 1. The van der Waals surface area contributed by atoms with E-state index in [2.05, 4.69) is 10.3 Å². The van der Waals surface area contributed by atoms with Crippen LogP contribution in [0.5, 0.6) is 0 Å². The van der Waals surface area contributed by atoms with E-state index in [1.807, 2.05) is 6.92 Å². The van der Waals surface area contributed by atoms with E-state index < -0.39 is 17.6 Å². The molecule has 88 valence electrons. The predicted octanol–water partition coefficient (Wildman–Crippen LogP) is 1.39. The fourth-order valence-electron chi connectivity index (χ4n) is 1.66. The molecule has 0 fully saturated rings. The van der Waals surface area contributed by atoms with E-state index in [1.165, 1.54) is 0 Å². The highest BCUT2D eigenvalue weighted by molar-refractivity contribution is 5.45. The molecule has 4 nitrogen and oxygen atoms in total. The lowest BCUT2D eigenvalue weighted by Gasteiger charge is -2.22. The Kier molecular flexibility index (Phi) is 2.40. The second-order valence-corrected chi connectivity index (χ2v) is 3.93. The number of hydrogen-bond acceptors (Lipinski definition) is 3. The lowest BCUT2D eigenvalue weighted by Crippen LogP contribution is -2.31. The Hall–Kier alpha value is -1.53. The molecule has 0 aliphatic carbocycles. The summed E-state index contributed by atoms with van der Waals surface area (Å²) in [5, 5.41) is 2.73. The first-order chi connectivity index (χ1) is 7.38. The van der Waals surface area contributed by atoms with Gasteiger partial charge < -0.3 is 10.3 Å². The third-order valence-corrected chi connectivity index (χ3v) is 2.45. The second-order valence-electron chi connectivity index (χ2n) is 3.93. The van der Waals surface area contributed by atoms with Crippen LogP contribution in [-0.4, -0.2) is 16.5 Å². The van der Waals surface area contributed by atoms with E-state index in [9.17, 15) is 18.0 Å². The lowest BCUT2D eigenvalue weighted by molar-refractivity contribution is -0.145. The molecule has 0 amide bonds. The van der Waals surface area contributed by atoms with Gasteiger partial charge >= 0.3 is 6.18 Å². The van der Waals surface area contributed by atoms with Gasteiger partial charge in [0.1, 0.15) is 5.82 Å². The summed E-state index contributed by atoms with van der Waals surface area (Å²) in [6, 6.07) is 0. The number of halogens is 3. The van der Waals surface area contributed by atoms with E-state index in [1.54, 1.807) is 4.98 Å². The van der Waals surface area contributed by atoms with Crippen molar-refractivity contribution < 1.29 is 13.2 Å². The highest BCUT2D eigenvalue weighted by atomic mass is 19.4. The molecule has 0 spiro atoms. The maximum atomic E-state index is 12.4. The average Bonchev–Trinajstić information content (AvgIpc) is 2.17. The van der Waals surface area contributed by atoms with Crippen LogP contribution in [0.15, 0.2) is 4.79 Å². The van der Waals surface area contributed by atoms with Gasteiger partial charge in [0.2, 0.25) is 5.82 Å². The maximum absolute atomic E-state index is 12.4. The molecule has 0 unspecified atom stereocenters. The minimum atomic E-state index is -4.63. The SMILES string of the molecule is C[C@H]1CNc2nc(C(F)(F)F)[nH]c(=O)c2C1. The van der Waals surface area contributed by atoms with Gasteiger partial charge in [0.25, 0.3) is 5.56 Å². The number of fused-ring (bicyclic) bond motifs is 1. The zero-order valence-electron chi connectivity index (χ0n) is 8.48. The normalized spacial score (nSPS) is 20.1. The van der Waals surface area contributed by atoms with Gasteiger partial charge in [-0.05, 0) is 12.3 Å². The van der Waals surface area contributed by atoms with Gasteiger partial charge in [0.15, 0.2) is 0 Å². The number of aromatic nitrogens is 2. The summed E-state index contributed by atoms with van der Waals surface area (Å²) in [7, 11) is 0. The smallest absolute Gasteiger partial charge is 0.369 e. The Morgan fingerprint density at radius 2 is 2.12 bits per heavy atom. The van der Waals surface area contributed by atoms with Gasteiger partial charge in [-0.3, -0.25) is 4.79 Å². The molecular formula is C9H10F3N3O. The summed E-state index contributed by atoms with van der Waals surface area (Å²) >= 11 is 0. The van der Waals surface area contributed by atoms with Gasteiger partial charge in [0, 0.05) is 6.54 Å². The van der Waals surface area contributed by atoms with Crippen molar-refractivity contribution in [1.82, 2.24) is 9.97 Å². The van der Waals surface area contributed by atoms with Crippen LogP contribution in [0.4, 0.5) is 19.0 Å². The van der Waals surface area contributed by atoms with Crippen LogP contribution in [0.1, 0.15) is 18.3 Å². The summed E-state index contributed by atoms with van der Waals surface area (Å²) in [6.07, 6.45) is -4.18. The van der Waals surface area contributed by atoms with Crippen molar-refractivity contribution in [1.29, 1.82) is 0 Å². The molecule has 16 heavy (non-hydrogen) atoms. The van der Waals surface area contributed by atoms with Gasteiger partial charge in [-0.1, -0.05) is 6.92 Å². The van der Waals surface area contributed by atoms with Crippen LogP contribution in [-0.2, 0) is 12.6 Å². The molecule has 2 rings (SSSR count). The third-order valence-electron chi connectivity index (χ3n) is 2.45. The van der Waals surface area contributed by atoms with Crippen LogP contribution in [0.25, 0.3) is 0 Å². The molecule has 1 aliphatic heterocycles. The van der Waals surface area contributed by atoms with Gasteiger partial charge in [0.05, 0.1) is 5.56 Å². The molecule has 0 saturated carbocycles. The van der Waals surface area contributed by atoms with Gasteiger partial charge in [-0.2, -0.15) is 13.2 Å². The zero-order chi connectivity index (χ0) is 11.9. The molecule has 7 heteroatoms. The fourth-order valence-corrected chi connectivity index (χ4v) is 1.66. The maximum Gasteiger partial charge on any atom is 0.449 e. The molecule has 0 bridgehead atoms. The average molecular weight is 233 g/mol. The number of alkyl halides is 3. The molecule has 0 radical (unpaired) electrons. The zero-order valence-corrected chi connectivity index (χ0v) is 8.48. The van der Waals surface area contributed by atoms with Crippen molar-refractivity contribution in [3.8, 4) is 0 Å². The van der Waals surface area contributed by atoms with Crippen molar-refractivity contribution in [3.63, 3.8) is 0 Å². The van der Waals surface area contributed by atoms with Crippen molar-refractivity contribution in [3.05, 3.63) is 21.7 Å². The van der Waals surface area contributed by atoms with E-state index >= 15 is 0 Å². The number of nitrogens with zero attached hydrogens (tertiary/aromatic N) is 1. The molecule has 2 heterocycles. The highest BCUT2D eigenvalue weighted by Crippen LogP contribution is 2.28. The number of hydrogen-bond donors (Lipinski definition) is 2. The quantitative estimate of drug-likeness (QED) is 0.712. The van der Waals surface area contributed by atoms with Crippen LogP contribution < -0.4 is 10.9 Å². The Labute approximate surface area is 88.9 Å². The van der Waals surface area contributed by atoms with E-state index in [-0.39, 0.29) is 11.7 Å². The van der Waals surface area contributed by atoms with Crippen molar-refractivity contribution >= 4 is 5.82 Å². The summed E-state index contributed by atoms with van der Waals surface area (Å²) in [5.41, 5.74) is -0.414. The van der Waals surface area contributed by atoms with Crippen LogP contribution in [0.2, 0.25) is 0 Å². The summed E-state index contributed by atoms with van der Waals surface area (Å²) in [6.45, 7) is 2.44. The molecule has 0 aromatic carbocycles. The molecule has 2 N–H and O–H groups in total. The number of rotatable bonds is 0. The van der Waals surface area contributed by atoms with Crippen LogP contribution in [0.3, 0.4) is 0 Å². The molecular weight excluding hydrogens is 223 g/mol. The van der Waals surface area contributed by atoms with E-state index in [4.69, 9.17) is 0 Å². The predicted molar refractivity (Wildman–Crippen MR) is 51.2 cm³/mol. The number of aromatic amines is 1. The van der Waals surface area contributed by atoms with Gasteiger partial charge in [-0.15, -0.1) is 0 Å². The van der Waals surface area contributed by atoms with Crippen molar-refractivity contribution in [2.45, 2.75) is 19.5 Å². The highest BCUT2D eigenvalue weighted by Gasteiger charge is 2.35. The summed E-state index contributed by atoms with van der Waals surface area (Å²) in [4.78, 5) is 16.6. The summed E-state index contributed by atoms with van der Waals surface area (Å²) in [5.74, 6) is -0.986. The van der Waals surface area contributed by atoms with E-state index in [0.29, 0.717) is 18.5 Å². The molecule has 1 aromatic rings. The topological polar surface area (TPSA) is 57.8 Å². The third kappa shape index (κ3) is 1.89. The van der Waals surface area contributed by atoms with Crippen molar-refractivity contribution in [2.75, 3.05) is 11.9 Å². The minimum Gasteiger partial charge on any atom is -0.369 e. The van der Waals surface area contributed by atoms with Crippen molar-refractivity contribution in [2.24, 2.45) is 5.92 Å². The molecule has 1 aromatic heterocycles.